The first-order chi connectivity index (χ1) is 8.39. The van der Waals surface area contributed by atoms with Gasteiger partial charge in [0.05, 0.1) is 4.90 Å². The van der Waals surface area contributed by atoms with Crippen molar-refractivity contribution in [2.45, 2.75) is 4.90 Å². The summed E-state index contributed by atoms with van der Waals surface area (Å²) in [6.07, 6.45) is 0. The summed E-state index contributed by atoms with van der Waals surface area (Å²) in [4.78, 5) is 0.00889. The maximum atomic E-state index is 11.5. The van der Waals surface area contributed by atoms with Crippen molar-refractivity contribution in [2.75, 3.05) is 11.5 Å². The average Bonchev–Trinajstić information content (AvgIpc) is 2.27. The summed E-state index contributed by atoms with van der Waals surface area (Å²) in [5.74, 6) is 0. The minimum absolute atomic E-state index is 0.00889. The van der Waals surface area contributed by atoms with Crippen molar-refractivity contribution in [3.05, 3.63) is 42.5 Å². The molecule has 2 aromatic rings. The molecule has 18 heavy (non-hydrogen) atoms. The molecule has 0 aliphatic carbocycles. The van der Waals surface area contributed by atoms with Gasteiger partial charge in [0.1, 0.15) is 0 Å². The number of anilines is 2. The van der Waals surface area contributed by atoms with E-state index in [1.54, 1.807) is 30.3 Å². The number of rotatable bonds is 2. The monoisotopic (exact) mass is 263 g/mol. The van der Waals surface area contributed by atoms with Gasteiger partial charge in [0.2, 0.25) is 10.0 Å². The number of benzene rings is 2. The van der Waals surface area contributed by atoms with Gasteiger partial charge in [-0.2, -0.15) is 0 Å². The van der Waals surface area contributed by atoms with E-state index in [9.17, 15) is 8.42 Å². The summed E-state index contributed by atoms with van der Waals surface area (Å²) < 4.78 is 23.1. The Morgan fingerprint density at radius 2 is 1.56 bits per heavy atom. The number of sulfonamides is 1. The third-order valence-corrected chi connectivity index (χ3v) is 3.53. The van der Waals surface area contributed by atoms with Crippen molar-refractivity contribution < 1.29 is 8.42 Å². The SMILES string of the molecule is Nc1ccc(S(N)(=O)=O)c(-c2ccccc2N)c1. The van der Waals surface area contributed by atoms with Crippen LogP contribution in [0.5, 0.6) is 0 Å². The molecule has 0 spiro atoms. The van der Waals surface area contributed by atoms with Crippen LogP contribution in [0.2, 0.25) is 0 Å². The number of para-hydroxylation sites is 1. The van der Waals surface area contributed by atoms with Crippen LogP contribution in [0.1, 0.15) is 0 Å². The van der Waals surface area contributed by atoms with Crippen molar-refractivity contribution in [1.29, 1.82) is 0 Å². The minimum atomic E-state index is -3.83. The lowest BCUT2D eigenvalue weighted by molar-refractivity contribution is 0.598. The molecule has 0 atom stereocenters. The van der Waals surface area contributed by atoms with E-state index < -0.39 is 10.0 Å². The van der Waals surface area contributed by atoms with Crippen LogP contribution < -0.4 is 16.6 Å². The topological polar surface area (TPSA) is 112 Å². The first-order valence-electron chi connectivity index (χ1n) is 5.17. The molecule has 0 unspecified atom stereocenters. The molecule has 0 aliphatic heterocycles. The van der Waals surface area contributed by atoms with Gasteiger partial charge in [-0.05, 0) is 24.3 Å². The van der Waals surface area contributed by atoms with E-state index in [1.165, 1.54) is 12.1 Å². The lowest BCUT2D eigenvalue weighted by Crippen LogP contribution is -2.13. The van der Waals surface area contributed by atoms with Crippen LogP contribution >= 0.6 is 0 Å². The largest absolute Gasteiger partial charge is 0.399 e. The smallest absolute Gasteiger partial charge is 0.238 e. The van der Waals surface area contributed by atoms with E-state index in [0.717, 1.165) is 0 Å². The van der Waals surface area contributed by atoms with E-state index in [0.29, 0.717) is 22.5 Å². The number of nitrogen functional groups attached to an aromatic ring is 2. The second-order valence-corrected chi connectivity index (χ2v) is 5.42. The van der Waals surface area contributed by atoms with Gasteiger partial charge in [0.25, 0.3) is 0 Å². The van der Waals surface area contributed by atoms with Gasteiger partial charge in [-0.1, -0.05) is 18.2 Å². The Morgan fingerprint density at radius 1 is 0.889 bits per heavy atom. The molecule has 2 rings (SSSR count). The fourth-order valence-corrected chi connectivity index (χ4v) is 2.48. The van der Waals surface area contributed by atoms with Crippen LogP contribution in [-0.4, -0.2) is 8.42 Å². The van der Waals surface area contributed by atoms with Crippen LogP contribution in [0, 0.1) is 0 Å². The summed E-state index contributed by atoms with van der Waals surface area (Å²) in [5.41, 5.74) is 13.4. The molecule has 0 aliphatic rings. The summed E-state index contributed by atoms with van der Waals surface area (Å²) in [5, 5.41) is 5.19. The Labute approximate surface area is 105 Å². The third kappa shape index (κ3) is 2.29. The fraction of sp³-hybridized carbons (Fsp3) is 0. The molecule has 2 aromatic carbocycles. The standard InChI is InChI=1S/C12H13N3O2S/c13-8-5-6-12(18(15,16)17)10(7-8)9-3-1-2-4-11(9)14/h1-7H,13-14H2,(H2,15,16,17). The molecule has 0 saturated carbocycles. The van der Waals surface area contributed by atoms with Crippen molar-refractivity contribution in [3.63, 3.8) is 0 Å². The molecule has 6 heteroatoms. The second-order valence-electron chi connectivity index (χ2n) is 3.89. The molecule has 6 N–H and O–H groups in total. The van der Waals surface area contributed by atoms with E-state index in [2.05, 4.69) is 0 Å². The average molecular weight is 263 g/mol. The zero-order valence-electron chi connectivity index (χ0n) is 9.50. The van der Waals surface area contributed by atoms with Gasteiger partial charge in [0.15, 0.2) is 0 Å². The zero-order chi connectivity index (χ0) is 13.3. The second kappa shape index (κ2) is 4.32. The molecule has 5 nitrogen and oxygen atoms in total. The predicted molar refractivity (Wildman–Crippen MR) is 72.1 cm³/mol. The van der Waals surface area contributed by atoms with Gasteiger partial charge >= 0.3 is 0 Å². The molecule has 0 heterocycles. The normalized spacial score (nSPS) is 11.4. The first kappa shape index (κ1) is 12.4. The van der Waals surface area contributed by atoms with Crippen LogP contribution in [0.3, 0.4) is 0 Å². The highest BCUT2D eigenvalue weighted by molar-refractivity contribution is 7.89. The lowest BCUT2D eigenvalue weighted by Gasteiger charge is -2.11. The van der Waals surface area contributed by atoms with Gasteiger partial charge in [-0.25, -0.2) is 13.6 Å². The summed E-state index contributed by atoms with van der Waals surface area (Å²) >= 11 is 0. The van der Waals surface area contributed by atoms with Crippen molar-refractivity contribution in [2.24, 2.45) is 5.14 Å². The minimum Gasteiger partial charge on any atom is -0.399 e. The Hall–Kier alpha value is -2.05. The van der Waals surface area contributed by atoms with E-state index in [4.69, 9.17) is 16.6 Å². The quantitative estimate of drug-likeness (QED) is 0.706. The highest BCUT2D eigenvalue weighted by Gasteiger charge is 2.16. The van der Waals surface area contributed by atoms with Crippen LogP contribution in [0.15, 0.2) is 47.4 Å². The molecule has 0 fully saturated rings. The van der Waals surface area contributed by atoms with E-state index in [1.807, 2.05) is 0 Å². The predicted octanol–water partition coefficient (Wildman–Crippen LogP) is 1.17. The van der Waals surface area contributed by atoms with E-state index >= 15 is 0 Å². The van der Waals surface area contributed by atoms with E-state index in [-0.39, 0.29) is 4.90 Å². The van der Waals surface area contributed by atoms with Crippen LogP contribution in [0.25, 0.3) is 11.1 Å². The first-order valence-corrected chi connectivity index (χ1v) is 6.71. The molecular formula is C12H13N3O2S. The van der Waals surface area contributed by atoms with Crippen LogP contribution in [0.4, 0.5) is 11.4 Å². The van der Waals surface area contributed by atoms with Gasteiger partial charge in [-0.15, -0.1) is 0 Å². The van der Waals surface area contributed by atoms with Crippen molar-refractivity contribution in [3.8, 4) is 11.1 Å². The zero-order valence-corrected chi connectivity index (χ0v) is 10.3. The number of nitrogens with two attached hydrogens (primary N) is 3. The molecule has 0 radical (unpaired) electrons. The molecule has 0 bridgehead atoms. The molecule has 0 amide bonds. The van der Waals surface area contributed by atoms with Gasteiger partial charge in [-0.3, -0.25) is 0 Å². The van der Waals surface area contributed by atoms with Crippen LogP contribution in [-0.2, 0) is 10.0 Å². The Bertz CT molecular complexity index is 696. The molecule has 0 aromatic heterocycles. The highest BCUT2D eigenvalue weighted by atomic mass is 32.2. The molecule has 0 saturated heterocycles. The summed E-state index contributed by atoms with van der Waals surface area (Å²) in [6, 6.07) is 11.4. The molecule has 94 valence electrons. The summed E-state index contributed by atoms with van der Waals surface area (Å²) in [6.45, 7) is 0. The van der Waals surface area contributed by atoms with Crippen molar-refractivity contribution in [1.82, 2.24) is 0 Å². The maximum absolute atomic E-state index is 11.5. The molecular weight excluding hydrogens is 250 g/mol. The maximum Gasteiger partial charge on any atom is 0.238 e. The van der Waals surface area contributed by atoms with Gasteiger partial charge in [0, 0.05) is 22.5 Å². The Morgan fingerprint density at radius 3 is 2.17 bits per heavy atom. The Kier molecular flexibility index (Phi) is 2.98. The number of hydrogen-bond acceptors (Lipinski definition) is 4. The fourth-order valence-electron chi connectivity index (χ4n) is 1.75. The third-order valence-electron chi connectivity index (χ3n) is 2.56. The summed E-state index contributed by atoms with van der Waals surface area (Å²) in [7, 11) is -3.83. The number of primary sulfonamides is 1. The highest BCUT2D eigenvalue weighted by Crippen LogP contribution is 2.32. The Balaban J connectivity index is 2.79. The van der Waals surface area contributed by atoms with Gasteiger partial charge < -0.3 is 11.5 Å². The number of hydrogen-bond donors (Lipinski definition) is 3. The lowest BCUT2D eigenvalue weighted by atomic mass is 10.0. The van der Waals surface area contributed by atoms with Crippen molar-refractivity contribution >= 4 is 21.4 Å².